The van der Waals surface area contributed by atoms with Crippen molar-refractivity contribution in [2.75, 3.05) is 5.43 Å². The number of imidazole rings is 1. The van der Waals surface area contributed by atoms with Crippen LogP contribution in [0.5, 0.6) is 0 Å². The van der Waals surface area contributed by atoms with Gasteiger partial charge in [-0.05, 0) is 29.8 Å². The van der Waals surface area contributed by atoms with Gasteiger partial charge in [0.05, 0.1) is 28.9 Å². The molecule has 1 aromatic heterocycles. The average molecular weight is 340 g/mol. The first kappa shape index (κ1) is 16.1. The van der Waals surface area contributed by atoms with E-state index in [4.69, 9.17) is 4.98 Å². The molecular weight excluding hydrogens is 320 g/mol. The first-order chi connectivity index (χ1) is 12.8. The Balaban J connectivity index is 1.69. The lowest BCUT2D eigenvalue weighted by atomic mass is 10.1. The maximum absolute atomic E-state index is 4.79. The normalized spacial score (nSPS) is 11.7. The van der Waals surface area contributed by atoms with Gasteiger partial charge >= 0.3 is 0 Å². The van der Waals surface area contributed by atoms with Crippen LogP contribution in [0.3, 0.4) is 0 Å². The Morgan fingerprint density at radius 1 is 0.885 bits per heavy atom. The molecule has 0 saturated heterocycles. The molecule has 0 unspecified atom stereocenters. The summed E-state index contributed by atoms with van der Waals surface area (Å²) >= 11 is 0. The Hall–Kier alpha value is -3.40. The maximum Gasteiger partial charge on any atom is 0.115 e. The highest BCUT2D eigenvalue weighted by molar-refractivity contribution is 6.02. The van der Waals surface area contributed by atoms with Crippen LogP contribution in [0.1, 0.15) is 11.4 Å². The van der Waals surface area contributed by atoms with Gasteiger partial charge in [0.25, 0.3) is 0 Å². The smallest absolute Gasteiger partial charge is 0.115 e. The topological polar surface area (TPSA) is 42.2 Å². The minimum atomic E-state index is 0.648. The van der Waals surface area contributed by atoms with E-state index in [1.54, 1.807) is 0 Å². The molecule has 4 rings (SSSR count). The van der Waals surface area contributed by atoms with Crippen molar-refractivity contribution in [1.29, 1.82) is 0 Å². The van der Waals surface area contributed by atoms with E-state index in [1.165, 1.54) is 0 Å². The lowest BCUT2D eigenvalue weighted by Gasteiger charge is -2.09. The number of fused-ring (bicyclic) bond motifs is 1. The Morgan fingerprint density at radius 3 is 2.27 bits per heavy atom. The van der Waals surface area contributed by atoms with Crippen molar-refractivity contribution in [3.05, 3.63) is 96.3 Å². The first-order valence-corrected chi connectivity index (χ1v) is 8.64. The molecule has 4 heteroatoms. The number of nitrogens with zero attached hydrogens (tertiary/aromatic N) is 3. The molecule has 0 aliphatic rings. The molecule has 0 saturated carbocycles. The summed E-state index contributed by atoms with van der Waals surface area (Å²) in [5.74, 6) is 0.990. The van der Waals surface area contributed by atoms with E-state index in [0.29, 0.717) is 6.42 Å². The van der Waals surface area contributed by atoms with Crippen molar-refractivity contribution in [3.8, 4) is 0 Å². The van der Waals surface area contributed by atoms with E-state index in [-0.39, 0.29) is 0 Å². The number of hydrogen-bond donors (Lipinski definition) is 1. The molecule has 0 radical (unpaired) electrons. The van der Waals surface area contributed by atoms with E-state index in [1.807, 2.05) is 66.7 Å². The van der Waals surface area contributed by atoms with Crippen LogP contribution in [0.15, 0.2) is 90.0 Å². The zero-order chi connectivity index (χ0) is 17.8. The van der Waals surface area contributed by atoms with Crippen LogP contribution >= 0.6 is 0 Å². The zero-order valence-electron chi connectivity index (χ0n) is 14.6. The summed E-state index contributed by atoms with van der Waals surface area (Å²) in [4.78, 5) is 4.79. The molecular formula is C22H20N4. The molecule has 4 aromatic rings. The van der Waals surface area contributed by atoms with Gasteiger partial charge in [-0.25, -0.2) is 4.98 Å². The number of hydrazone groups is 1. The van der Waals surface area contributed by atoms with E-state index >= 15 is 0 Å². The van der Waals surface area contributed by atoms with Crippen molar-refractivity contribution in [2.24, 2.45) is 12.1 Å². The standard InChI is InChI=1S/C22H20N4/c1-26-21-15-9-8-14-19(21)23-22(26)16-20(17-10-4-2-5-11-17)25-24-18-12-6-3-7-13-18/h2-15,24H,16H2,1H3. The molecule has 0 bridgehead atoms. The molecule has 0 fully saturated rings. The van der Waals surface area contributed by atoms with Crippen LogP contribution in [0.25, 0.3) is 11.0 Å². The van der Waals surface area contributed by atoms with Crippen LogP contribution in [0.2, 0.25) is 0 Å². The van der Waals surface area contributed by atoms with Gasteiger partial charge in [-0.3, -0.25) is 5.43 Å². The number of para-hydroxylation sites is 3. The second kappa shape index (κ2) is 7.23. The average Bonchev–Trinajstić information content (AvgIpc) is 3.02. The molecule has 4 nitrogen and oxygen atoms in total. The molecule has 1 N–H and O–H groups in total. The van der Waals surface area contributed by atoms with Gasteiger partial charge in [-0.1, -0.05) is 60.7 Å². The van der Waals surface area contributed by atoms with E-state index < -0.39 is 0 Å². The van der Waals surface area contributed by atoms with Crippen LogP contribution in [0.4, 0.5) is 5.69 Å². The molecule has 0 aliphatic heterocycles. The van der Waals surface area contributed by atoms with Gasteiger partial charge in [0, 0.05) is 7.05 Å². The molecule has 1 heterocycles. The van der Waals surface area contributed by atoms with Crippen molar-refractivity contribution in [2.45, 2.75) is 6.42 Å². The Labute approximate surface area is 152 Å². The third kappa shape index (κ3) is 3.35. The number of aryl methyl sites for hydroxylation is 1. The third-order valence-corrected chi connectivity index (χ3v) is 4.41. The maximum atomic E-state index is 4.79. The minimum absolute atomic E-state index is 0.648. The second-order valence-corrected chi connectivity index (χ2v) is 6.15. The van der Waals surface area contributed by atoms with E-state index in [9.17, 15) is 0 Å². The molecule has 128 valence electrons. The fraction of sp³-hybridized carbons (Fsp3) is 0.0909. The number of hydrogen-bond acceptors (Lipinski definition) is 3. The Kier molecular flexibility index (Phi) is 4.48. The monoisotopic (exact) mass is 340 g/mol. The van der Waals surface area contributed by atoms with Crippen LogP contribution in [-0.4, -0.2) is 15.3 Å². The Morgan fingerprint density at radius 2 is 1.54 bits per heavy atom. The summed E-state index contributed by atoms with van der Waals surface area (Å²) in [6, 6.07) is 28.4. The first-order valence-electron chi connectivity index (χ1n) is 8.64. The molecule has 0 atom stereocenters. The lowest BCUT2D eigenvalue weighted by Crippen LogP contribution is -2.11. The lowest BCUT2D eigenvalue weighted by molar-refractivity contribution is 0.863. The SMILES string of the molecule is Cn1c(CC(=NNc2ccccc2)c2ccccc2)nc2ccccc21. The van der Waals surface area contributed by atoms with Crippen LogP contribution < -0.4 is 5.43 Å². The highest BCUT2D eigenvalue weighted by atomic mass is 15.3. The molecule has 0 spiro atoms. The highest BCUT2D eigenvalue weighted by Gasteiger charge is 2.12. The number of rotatable bonds is 5. The van der Waals surface area contributed by atoms with Crippen LogP contribution in [0, 0.1) is 0 Å². The van der Waals surface area contributed by atoms with Gasteiger partial charge < -0.3 is 4.57 Å². The van der Waals surface area contributed by atoms with Gasteiger partial charge in [0.2, 0.25) is 0 Å². The summed E-state index contributed by atoms with van der Waals surface area (Å²) in [6.45, 7) is 0. The molecule has 0 aliphatic carbocycles. The number of anilines is 1. The minimum Gasteiger partial charge on any atom is -0.331 e. The van der Waals surface area contributed by atoms with Gasteiger partial charge in [-0.15, -0.1) is 0 Å². The summed E-state index contributed by atoms with van der Waals surface area (Å²) in [5, 5.41) is 4.68. The van der Waals surface area contributed by atoms with Gasteiger partial charge in [0.15, 0.2) is 0 Å². The molecule has 0 amide bonds. The number of aromatic nitrogens is 2. The Bertz CT molecular complexity index is 1030. The highest BCUT2D eigenvalue weighted by Crippen LogP contribution is 2.17. The van der Waals surface area contributed by atoms with Crippen molar-refractivity contribution in [1.82, 2.24) is 9.55 Å². The summed E-state index contributed by atoms with van der Waals surface area (Å²) < 4.78 is 2.14. The second-order valence-electron chi connectivity index (χ2n) is 6.15. The quantitative estimate of drug-likeness (QED) is 0.425. The molecule has 26 heavy (non-hydrogen) atoms. The number of nitrogens with one attached hydrogen (secondary N) is 1. The van der Waals surface area contributed by atoms with Crippen molar-refractivity contribution < 1.29 is 0 Å². The summed E-state index contributed by atoms with van der Waals surface area (Å²) in [7, 11) is 2.05. The summed E-state index contributed by atoms with van der Waals surface area (Å²) in [6.07, 6.45) is 0.648. The van der Waals surface area contributed by atoms with Crippen molar-refractivity contribution in [3.63, 3.8) is 0 Å². The number of benzene rings is 3. The van der Waals surface area contributed by atoms with Gasteiger partial charge in [-0.2, -0.15) is 5.10 Å². The van der Waals surface area contributed by atoms with Crippen molar-refractivity contribution >= 4 is 22.4 Å². The summed E-state index contributed by atoms with van der Waals surface area (Å²) in [5.41, 5.74) is 8.31. The third-order valence-electron chi connectivity index (χ3n) is 4.41. The predicted molar refractivity (Wildman–Crippen MR) is 107 cm³/mol. The van der Waals surface area contributed by atoms with E-state index in [0.717, 1.165) is 33.8 Å². The fourth-order valence-electron chi connectivity index (χ4n) is 2.98. The molecule has 3 aromatic carbocycles. The van der Waals surface area contributed by atoms with E-state index in [2.05, 4.69) is 40.3 Å². The predicted octanol–water partition coefficient (Wildman–Crippen LogP) is 4.63. The largest absolute Gasteiger partial charge is 0.331 e. The zero-order valence-corrected chi connectivity index (χ0v) is 14.6. The van der Waals surface area contributed by atoms with Gasteiger partial charge in [0.1, 0.15) is 5.82 Å². The fourth-order valence-corrected chi connectivity index (χ4v) is 2.98. The van der Waals surface area contributed by atoms with Crippen LogP contribution in [-0.2, 0) is 13.5 Å².